The van der Waals surface area contributed by atoms with Crippen LogP contribution in [-0.2, 0) is 0 Å². The highest BCUT2D eigenvalue weighted by molar-refractivity contribution is 8.13. The van der Waals surface area contributed by atoms with Gasteiger partial charge in [0.2, 0.25) is 6.19 Å². The van der Waals surface area contributed by atoms with E-state index in [9.17, 15) is 0 Å². The van der Waals surface area contributed by atoms with Crippen LogP contribution >= 0.6 is 11.8 Å². The number of nitriles is 1. The molecule has 0 aromatic carbocycles. The number of hydrogen-bond donors (Lipinski definition) is 1. The Morgan fingerprint density at radius 2 is 2.07 bits per heavy atom. The van der Waals surface area contributed by atoms with Gasteiger partial charge in [-0.05, 0) is 13.3 Å². The van der Waals surface area contributed by atoms with Gasteiger partial charge in [-0.2, -0.15) is 5.26 Å². The quantitative estimate of drug-likeness (QED) is 0.376. The van der Waals surface area contributed by atoms with Crippen molar-refractivity contribution in [2.45, 2.75) is 0 Å². The summed E-state index contributed by atoms with van der Waals surface area (Å²) in [6.45, 7) is 4.01. The van der Waals surface area contributed by atoms with Crippen LogP contribution in [0.2, 0.25) is 0 Å². The summed E-state index contributed by atoms with van der Waals surface area (Å²) in [5.74, 6) is 0. The Morgan fingerprint density at radius 1 is 1.43 bits per heavy atom. The van der Waals surface area contributed by atoms with Crippen LogP contribution in [0.5, 0.6) is 0 Å². The zero-order chi connectivity index (χ0) is 10.4. The van der Waals surface area contributed by atoms with Crippen molar-refractivity contribution in [3.63, 3.8) is 0 Å². The molecule has 0 aliphatic carbocycles. The summed E-state index contributed by atoms with van der Waals surface area (Å²) in [5.41, 5.74) is 3.12. The van der Waals surface area contributed by atoms with Crippen LogP contribution < -0.4 is 5.43 Å². The Hall–Kier alpha value is -0.770. The first kappa shape index (κ1) is 11.3. The molecule has 1 aliphatic rings. The van der Waals surface area contributed by atoms with E-state index in [0.717, 1.165) is 26.2 Å². The number of nitrogens with one attached hydrogen (secondary N) is 1. The van der Waals surface area contributed by atoms with Crippen molar-refractivity contribution >= 4 is 16.9 Å². The van der Waals surface area contributed by atoms with Crippen LogP contribution in [0.4, 0.5) is 0 Å². The van der Waals surface area contributed by atoms with E-state index in [1.807, 2.05) is 6.26 Å². The maximum atomic E-state index is 8.42. The molecule has 1 fully saturated rings. The number of nitrogens with zero attached hydrogens (tertiary/aromatic N) is 4. The molecule has 0 radical (unpaired) electrons. The molecule has 1 heterocycles. The summed E-state index contributed by atoms with van der Waals surface area (Å²) in [4.78, 5) is 5.95. The van der Waals surface area contributed by atoms with Crippen molar-refractivity contribution in [1.82, 2.24) is 15.3 Å². The van der Waals surface area contributed by atoms with E-state index >= 15 is 0 Å². The predicted molar refractivity (Wildman–Crippen MR) is 58.8 cm³/mol. The number of thioether (sulfide) groups is 1. The van der Waals surface area contributed by atoms with E-state index < -0.39 is 0 Å². The lowest BCUT2D eigenvalue weighted by atomic mass is 10.4. The molecule has 0 aromatic rings. The molecule has 0 bridgehead atoms. The van der Waals surface area contributed by atoms with Crippen molar-refractivity contribution in [2.24, 2.45) is 4.99 Å². The SMILES string of the molecule is CSC(=NC#N)NN1CCN(C)CC1. The van der Waals surface area contributed by atoms with E-state index in [1.165, 1.54) is 11.8 Å². The normalized spacial score (nSPS) is 20.5. The number of hydrogen-bond acceptors (Lipinski definition) is 5. The minimum Gasteiger partial charge on any atom is -0.304 e. The molecule has 1 N–H and O–H groups in total. The monoisotopic (exact) mass is 213 g/mol. The van der Waals surface area contributed by atoms with Gasteiger partial charge in [-0.15, -0.1) is 4.99 Å². The fourth-order valence-corrected chi connectivity index (χ4v) is 1.57. The van der Waals surface area contributed by atoms with Crippen molar-refractivity contribution < 1.29 is 0 Å². The van der Waals surface area contributed by atoms with Crippen molar-refractivity contribution in [2.75, 3.05) is 39.5 Å². The van der Waals surface area contributed by atoms with Crippen LogP contribution in [-0.4, -0.2) is 54.6 Å². The van der Waals surface area contributed by atoms with Crippen LogP contribution in [0.25, 0.3) is 0 Å². The van der Waals surface area contributed by atoms with Gasteiger partial charge in [0.05, 0.1) is 0 Å². The average molecular weight is 213 g/mol. The van der Waals surface area contributed by atoms with Crippen LogP contribution in [0.15, 0.2) is 4.99 Å². The molecule has 5 nitrogen and oxygen atoms in total. The first-order chi connectivity index (χ1) is 6.76. The number of likely N-dealkylation sites (N-methyl/N-ethyl adjacent to an activating group) is 1. The molecule has 14 heavy (non-hydrogen) atoms. The molecule has 1 rings (SSSR count). The molecule has 1 aliphatic heterocycles. The Bertz CT molecular complexity index is 239. The molecular formula is C8H15N5S. The summed E-state index contributed by atoms with van der Waals surface area (Å²) in [7, 11) is 2.11. The highest BCUT2D eigenvalue weighted by Gasteiger charge is 2.14. The Labute approximate surface area is 88.7 Å². The average Bonchev–Trinajstić information content (AvgIpc) is 2.20. The molecule has 0 atom stereocenters. The third kappa shape index (κ3) is 3.54. The van der Waals surface area contributed by atoms with Gasteiger partial charge >= 0.3 is 0 Å². The van der Waals surface area contributed by atoms with Gasteiger partial charge in [-0.1, -0.05) is 11.8 Å². The second-order valence-corrected chi connectivity index (χ2v) is 3.92. The first-order valence-electron chi connectivity index (χ1n) is 4.47. The topological polar surface area (TPSA) is 54.7 Å². The lowest BCUT2D eigenvalue weighted by Gasteiger charge is -2.32. The van der Waals surface area contributed by atoms with Crippen LogP contribution in [0, 0.1) is 11.5 Å². The smallest absolute Gasteiger partial charge is 0.208 e. The maximum absolute atomic E-state index is 8.42. The summed E-state index contributed by atoms with van der Waals surface area (Å²) >= 11 is 1.45. The van der Waals surface area contributed by atoms with E-state index in [2.05, 4.69) is 27.4 Å². The Balaban J connectivity index is 2.37. The highest BCUT2D eigenvalue weighted by atomic mass is 32.2. The highest BCUT2D eigenvalue weighted by Crippen LogP contribution is 2.00. The maximum Gasteiger partial charge on any atom is 0.208 e. The fraction of sp³-hybridized carbons (Fsp3) is 0.750. The number of amidine groups is 1. The van der Waals surface area contributed by atoms with Crippen LogP contribution in [0.3, 0.4) is 0 Å². The third-order valence-electron chi connectivity index (χ3n) is 2.10. The van der Waals surface area contributed by atoms with Gasteiger partial charge in [0.1, 0.15) is 0 Å². The summed E-state index contributed by atoms with van der Waals surface area (Å²) < 4.78 is 0. The first-order valence-corrected chi connectivity index (χ1v) is 5.69. The van der Waals surface area contributed by atoms with Gasteiger partial charge in [-0.25, -0.2) is 5.01 Å². The molecule has 1 saturated heterocycles. The van der Waals surface area contributed by atoms with E-state index in [4.69, 9.17) is 5.26 Å². The predicted octanol–water partition coefficient (Wildman–Crippen LogP) is -0.0615. The van der Waals surface area contributed by atoms with E-state index in [0.29, 0.717) is 5.17 Å². The molecule has 0 spiro atoms. The van der Waals surface area contributed by atoms with E-state index in [-0.39, 0.29) is 0 Å². The van der Waals surface area contributed by atoms with Crippen molar-refractivity contribution in [1.29, 1.82) is 5.26 Å². The lowest BCUT2D eigenvalue weighted by molar-refractivity contribution is 0.132. The minimum absolute atomic E-state index is 0.664. The Morgan fingerprint density at radius 3 is 2.57 bits per heavy atom. The minimum atomic E-state index is 0.664. The van der Waals surface area contributed by atoms with Gasteiger partial charge in [0, 0.05) is 26.2 Å². The second-order valence-electron chi connectivity index (χ2n) is 3.12. The summed E-state index contributed by atoms with van der Waals surface area (Å²) in [5, 5.41) is 11.2. The molecule has 78 valence electrons. The zero-order valence-electron chi connectivity index (χ0n) is 8.53. The molecule has 0 amide bonds. The number of rotatable bonds is 1. The molecule has 6 heteroatoms. The van der Waals surface area contributed by atoms with Crippen molar-refractivity contribution in [3.05, 3.63) is 0 Å². The van der Waals surface area contributed by atoms with Gasteiger partial charge in [0.25, 0.3) is 0 Å². The lowest BCUT2D eigenvalue weighted by Crippen LogP contribution is -2.51. The standard InChI is InChI=1S/C8H15N5S/c1-12-3-5-13(6-4-12)11-8(14-2)10-7-9/h3-6H2,1-2H3,(H,10,11). The second kappa shape index (κ2) is 5.86. The largest absolute Gasteiger partial charge is 0.304 e. The summed E-state index contributed by atoms with van der Waals surface area (Å²) in [6, 6.07) is 0. The van der Waals surface area contributed by atoms with Crippen LogP contribution in [0.1, 0.15) is 0 Å². The molecular weight excluding hydrogens is 198 g/mol. The molecule has 0 saturated carbocycles. The number of piperazine rings is 1. The van der Waals surface area contributed by atoms with Gasteiger partial charge in [0.15, 0.2) is 5.17 Å². The van der Waals surface area contributed by atoms with Gasteiger partial charge in [-0.3, -0.25) is 5.43 Å². The Kier molecular flexibility index (Phi) is 4.73. The molecule has 0 unspecified atom stereocenters. The molecule has 0 aromatic heterocycles. The zero-order valence-corrected chi connectivity index (χ0v) is 9.34. The van der Waals surface area contributed by atoms with Gasteiger partial charge < -0.3 is 4.90 Å². The van der Waals surface area contributed by atoms with Crippen molar-refractivity contribution in [3.8, 4) is 6.19 Å². The number of aliphatic imine (C=N–C) groups is 1. The fourth-order valence-electron chi connectivity index (χ4n) is 1.22. The number of hydrazine groups is 1. The summed E-state index contributed by atoms with van der Waals surface area (Å²) in [6.07, 6.45) is 3.69. The van der Waals surface area contributed by atoms with E-state index in [1.54, 1.807) is 6.19 Å². The third-order valence-corrected chi connectivity index (χ3v) is 2.67.